The maximum absolute atomic E-state index is 11.8. The van der Waals surface area contributed by atoms with Crippen molar-refractivity contribution in [3.8, 4) is 0 Å². The summed E-state index contributed by atoms with van der Waals surface area (Å²) in [5, 5.41) is 22.9. The van der Waals surface area contributed by atoms with Crippen molar-refractivity contribution < 1.29 is 9.55 Å². The highest BCUT2D eigenvalue weighted by molar-refractivity contribution is 6.00. The van der Waals surface area contributed by atoms with Gasteiger partial charge in [-0.15, -0.1) is 0 Å². The Kier molecular flexibility index (Phi) is 4.39. The van der Waals surface area contributed by atoms with Gasteiger partial charge in [-0.3, -0.25) is 10.1 Å². The Bertz CT molecular complexity index is 1010. The minimum Gasteiger partial charge on any atom is -0.370 e. The Morgan fingerprint density at radius 2 is 1.81 bits per heavy atom. The molecule has 1 fully saturated rings. The summed E-state index contributed by atoms with van der Waals surface area (Å²) in [4.78, 5) is 13.6. The van der Waals surface area contributed by atoms with E-state index in [1.165, 1.54) is 6.42 Å². The van der Waals surface area contributed by atoms with E-state index in [1.807, 2.05) is 32.0 Å². The van der Waals surface area contributed by atoms with Crippen LogP contribution in [0.4, 0.5) is 22.7 Å². The van der Waals surface area contributed by atoms with Crippen molar-refractivity contribution in [2.45, 2.75) is 33.1 Å². The molecule has 8 heteroatoms. The number of nitro benzene ring substituents is 1. The van der Waals surface area contributed by atoms with Crippen LogP contribution in [-0.2, 0) is 0 Å². The fourth-order valence-corrected chi connectivity index (χ4v) is 3.58. The molecule has 1 aliphatic heterocycles. The number of fused-ring (bicyclic) bond motifs is 1. The fraction of sp³-hybridized carbons (Fsp3) is 0.368. The van der Waals surface area contributed by atoms with Crippen LogP contribution in [0.5, 0.6) is 0 Å². The summed E-state index contributed by atoms with van der Waals surface area (Å²) in [6, 6.07) is 7.78. The molecule has 140 valence electrons. The number of rotatable bonds is 4. The quantitative estimate of drug-likeness (QED) is 0.536. The van der Waals surface area contributed by atoms with E-state index in [4.69, 9.17) is 4.63 Å². The lowest BCUT2D eigenvalue weighted by molar-refractivity contribution is -0.382. The number of piperidine rings is 1. The smallest absolute Gasteiger partial charge is 0.324 e. The van der Waals surface area contributed by atoms with Crippen LogP contribution in [0.3, 0.4) is 0 Å². The molecule has 0 amide bonds. The lowest BCUT2D eigenvalue weighted by atomic mass is 10.1. The zero-order valence-corrected chi connectivity index (χ0v) is 15.4. The normalized spacial score (nSPS) is 14.5. The first-order valence-corrected chi connectivity index (χ1v) is 9.07. The average molecular weight is 367 g/mol. The lowest BCUT2D eigenvalue weighted by Gasteiger charge is -2.29. The largest absolute Gasteiger partial charge is 0.370 e. The maximum Gasteiger partial charge on any atom is 0.324 e. The van der Waals surface area contributed by atoms with Crippen LogP contribution in [0.15, 0.2) is 28.9 Å². The first-order valence-electron chi connectivity index (χ1n) is 9.07. The van der Waals surface area contributed by atoms with Crippen LogP contribution in [0.25, 0.3) is 11.0 Å². The number of aryl methyl sites for hydroxylation is 2. The van der Waals surface area contributed by atoms with Gasteiger partial charge in [-0.1, -0.05) is 12.1 Å². The highest BCUT2D eigenvalue weighted by Gasteiger charge is 2.28. The predicted molar refractivity (Wildman–Crippen MR) is 104 cm³/mol. The standard InChI is InChI=1S/C19H21N5O3/c1-12-6-7-13(2)14(10-12)20-15-11-16(23-8-4-3-5-9-23)17-18(22-27-21-17)19(15)24(25)26/h6-7,10-11,20H,3-5,8-9H2,1-2H3. The van der Waals surface area contributed by atoms with Gasteiger partial charge in [-0.2, -0.15) is 0 Å². The summed E-state index contributed by atoms with van der Waals surface area (Å²) in [7, 11) is 0. The monoisotopic (exact) mass is 367 g/mol. The van der Waals surface area contributed by atoms with Crippen molar-refractivity contribution in [1.82, 2.24) is 10.3 Å². The summed E-state index contributed by atoms with van der Waals surface area (Å²) in [5.74, 6) is 0. The number of benzene rings is 2. The molecule has 0 spiro atoms. The Hall–Kier alpha value is -3.16. The van der Waals surface area contributed by atoms with Crippen molar-refractivity contribution in [3.05, 3.63) is 45.5 Å². The zero-order valence-electron chi connectivity index (χ0n) is 15.4. The van der Waals surface area contributed by atoms with E-state index in [9.17, 15) is 10.1 Å². The van der Waals surface area contributed by atoms with Crippen molar-refractivity contribution in [2.75, 3.05) is 23.3 Å². The number of nitrogens with zero attached hydrogens (tertiary/aromatic N) is 4. The average Bonchev–Trinajstić information content (AvgIpc) is 3.13. The molecule has 1 aliphatic rings. The third-order valence-corrected chi connectivity index (χ3v) is 5.03. The second kappa shape index (κ2) is 6.86. The third-order valence-electron chi connectivity index (χ3n) is 5.03. The van der Waals surface area contributed by atoms with Gasteiger partial charge >= 0.3 is 5.69 Å². The zero-order chi connectivity index (χ0) is 19.0. The molecule has 0 radical (unpaired) electrons. The molecule has 8 nitrogen and oxygen atoms in total. The number of nitrogens with one attached hydrogen (secondary N) is 1. The summed E-state index contributed by atoms with van der Waals surface area (Å²) < 4.78 is 4.88. The van der Waals surface area contributed by atoms with Gasteiger partial charge < -0.3 is 10.2 Å². The van der Waals surface area contributed by atoms with Gasteiger partial charge in [0.05, 0.1) is 10.6 Å². The minimum absolute atomic E-state index is 0.118. The van der Waals surface area contributed by atoms with Gasteiger partial charge in [-0.05, 0) is 66.7 Å². The Balaban J connectivity index is 1.88. The summed E-state index contributed by atoms with van der Waals surface area (Å²) >= 11 is 0. The number of nitro groups is 1. The van der Waals surface area contributed by atoms with E-state index in [1.54, 1.807) is 6.07 Å². The number of aromatic nitrogens is 2. The fourth-order valence-electron chi connectivity index (χ4n) is 3.58. The summed E-state index contributed by atoms with van der Waals surface area (Å²) in [6.45, 7) is 5.74. The molecule has 0 bridgehead atoms. The molecule has 0 saturated carbocycles. The molecule has 4 rings (SSSR count). The first kappa shape index (κ1) is 17.3. The lowest BCUT2D eigenvalue weighted by Crippen LogP contribution is -2.29. The minimum atomic E-state index is -0.431. The van der Waals surface area contributed by atoms with Crippen LogP contribution in [-0.4, -0.2) is 28.3 Å². The number of anilines is 3. The van der Waals surface area contributed by atoms with E-state index >= 15 is 0 Å². The molecular weight excluding hydrogens is 346 g/mol. The Labute approximate surface area is 156 Å². The van der Waals surface area contributed by atoms with E-state index in [0.717, 1.165) is 48.4 Å². The van der Waals surface area contributed by atoms with Crippen LogP contribution in [0.2, 0.25) is 0 Å². The van der Waals surface area contributed by atoms with Crippen LogP contribution >= 0.6 is 0 Å². The van der Waals surface area contributed by atoms with Crippen LogP contribution < -0.4 is 10.2 Å². The topological polar surface area (TPSA) is 97.3 Å². The van der Waals surface area contributed by atoms with Crippen molar-refractivity contribution in [3.63, 3.8) is 0 Å². The van der Waals surface area contributed by atoms with Gasteiger partial charge in [0.25, 0.3) is 0 Å². The molecule has 0 aliphatic carbocycles. The van der Waals surface area contributed by atoms with E-state index in [2.05, 4.69) is 20.5 Å². The van der Waals surface area contributed by atoms with E-state index in [0.29, 0.717) is 11.2 Å². The second-order valence-electron chi connectivity index (χ2n) is 7.00. The van der Waals surface area contributed by atoms with Crippen molar-refractivity contribution >= 4 is 33.8 Å². The van der Waals surface area contributed by atoms with Crippen LogP contribution in [0.1, 0.15) is 30.4 Å². The highest BCUT2D eigenvalue weighted by atomic mass is 16.6. The molecule has 1 N–H and O–H groups in total. The Morgan fingerprint density at radius 1 is 1.07 bits per heavy atom. The third kappa shape index (κ3) is 3.18. The molecule has 0 unspecified atom stereocenters. The summed E-state index contributed by atoms with van der Waals surface area (Å²) in [5.41, 5.74) is 4.64. The van der Waals surface area contributed by atoms with Gasteiger partial charge in [0.2, 0.25) is 5.52 Å². The highest BCUT2D eigenvalue weighted by Crippen LogP contribution is 2.40. The SMILES string of the molecule is Cc1ccc(C)c(Nc2cc(N3CCCCC3)c3nonc3c2[N+](=O)[O-])c1. The van der Waals surface area contributed by atoms with E-state index in [-0.39, 0.29) is 11.2 Å². The molecule has 1 saturated heterocycles. The molecule has 2 aromatic carbocycles. The molecule has 27 heavy (non-hydrogen) atoms. The van der Waals surface area contributed by atoms with Gasteiger partial charge in [0, 0.05) is 18.8 Å². The van der Waals surface area contributed by atoms with Gasteiger partial charge in [0.1, 0.15) is 5.69 Å². The molecule has 1 aromatic heterocycles. The van der Waals surface area contributed by atoms with Gasteiger partial charge in [-0.25, -0.2) is 4.63 Å². The second-order valence-corrected chi connectivity index (χ2v) is 7.00. The number of hydrogen-bond acceptors (Lipinski definition) is 7. The molecule has 3 aromatic rings. The van der Waals surface area contributed by atoms with E-state index < -0.39 is 4.92 Å². The molecule has 2 heterocycles. The first-order chi connectivity index (χ1) is 13.0. The summed E-state index contributed by atoms with van der Waals surface area (Å²) in [6.07, 6.45) is 3.37. The van der Waals surface area contributed by atoms with Crippen LogP contribution in [0, 0.1) is 24.0 Å². The molecule has 0 atom stereocenters. The maximum atomic E-state index is 11.8. The molecular formula is C19H21N5O3. The number of hydrogen-bond donors (Lipinski definition) is 1. The van der Waals surface area contributed by atoms with Gasteiger partial charge in [0.15, 0.2) is 5.52 Å². The predicted octanol–water partition coefficient (Wildman–Crippen LogP) is 4.48. The van der Waals surface area contributed by atoms with Crippen molar-refractivity contribution in [2.24, 2.45) is 0 Å². The Morgan fingerprint density at radius 3 is 2.56 bits per heavy atom. The van der Waals surface area contributed by atoms with Crippen molar-refractivity contribution in [1.29, 1.82) is 0 Å².